The second-order valence-electron chi connectivity index (χ2n) is 5.55. The maximum absolute atomic E-state index is 12.2. The van der Waals surface area contributed by atoms with Crippen LogP contribution in [0.2, 0.25) is 0 Å². The monoisotopic (exact) mass is 341 g/mol. The van der Waals surface area contributed by atoms with Crippen LogP contribution < -0.4 is 5.32 Å². The van der Waals surface area contributed by atoms with E-state index >= 15 is 0 Å². The maximum Gasteiger partial charge on any atom is 0.264 e. The minimum atomic E-state index is -1.14. The van der Waals surface area contributed by atoms with E-state index in [0.717, 1.165) is 16.8 Å². The van der Waals surface area contributed by atoms with E-state index in [-0.39, 0.29) is 44.3 Å². The summed E-state index contributed by atoms with van der Waals surface area (Å²) in [5, 5.41) is 3.07. The first kappa shape index (κ1) is 18.2. The average molecular weight is 341 g/mol. The molecule has 97 valence electrons. The van der Waals surface area contributed by atoms with Gasteiger partial charge in [0, 0.05) is 65.7 Å². The molecule has 2 nitrogen and oxygen atoms in total. The molecule has 1 rings (SSSR count). The van der Waals surface area contributed by atoms with Crippen LogP contribution in [-0.4, -0.2) is 31.6 Å². The zero-order valence-electron chi connectivity index (χ0n) is 12.2. The van der Waals surface area contributed by atoms with E-state index in [1.54, 1.807) is 0 Å². The Morgan fingerprint density at radius 2 is 1.61 bits per heavy atom. The molecule has 1 atom stereocenters. The molecule has 0 saturated carbocycles. The van der Waals surface area contributed by atoms with Gasteiger partial charge in [-0.25, -0.2) is 0 Å². The van der Waals surface area contributed by atoms with E-state index in [9.17, 15) is 4.79 Å². The molecule has 0 spiro atoms. The predicted octanol–water partition coefficient (Wildman–Crippen LogP) is 3.53. The normalized spacial score (nSPS) is 12.6. The van der Waals surface area contributed by atoms with Crippen molar-refractivity contribution in [3.63, 3.8) is 0 Å². The van der Waals surface area contributed by atoms with Gasteiger partial charge in [-0.2, -0.15) is 0 Å². The van der Waals surface area contributed by atoms with Gasteiger partial charge in [-0.3, -0.25) is 4.79 Å². The van der Waals surface area contributed by atoms with Gasteiger partial charge >= 0.3 is 0 Å². The van der Waals surface area contributed by atoms with E-state index in [1.165, 1.54) is 0 Å². The molecular formula is C14H23NOPY+. The molecule has 0 aliphatic carbocycles. The molecule has 1 amide bonds. The Morgan fingerprint density at radius 1 is 1.17 bits per heavy atom. The van der Waals surface area contributed by atoms with Crippen molar-refractivity contribution < 1.29 is 37.5 Å². The first-order valence-electron chi connectivity index (χ1n) is 5.91. The van der Waals surface area contributed by atoms with Gasteiger partial charge in [0.2, 0.25) is 0 Å². The molecule has 1 unspecified atom stereocenters. The Bertz CT molecular complexity index is 406. The third-order valence-corrected chi connectivity index (χ3v) is 5.83. The number of carbonyl (C=O) groups is 1. The van der Waals surface area contributed by atoms with Crippen molar-refractivity contribution in [3.05, 3.63) is 29.3 Å². The largest absolute Gasteiger partial charge is 0.322 e. The molecule has 0 aliphatic rings. The summed E-state index contributed by atoms with van der Waals surface area (Å²) in [6, 6.07) is 6.07. The molecule has 1 N–H and O–H groups in total. The van der Waals surface area contributed by atoms with Crippen molar-refractivity contribution in [2.45, 2.75) is 26.4 Å². The number of nitrogens with one attached hydrogen (secondary N) is 1. The van der Waals surface area contributed by atoms with Crippen molar-refractivity contribution >= 4 is 18.9 Å². The van der Waals surface area contributed by atoms with Crippen molar-refractivity contribution in [3.8, 4) is 0 Å². The summed E-state index contributed by atoms with van der Waals surface area (Å²) in [6.45, 7) is 12.7. The van der Waals surface area contributed by atoms with Crippen LogP contribution in [0.4, 0.5) is 5.69 Å². The molecule has 0 saturated heterocycles. The molecule has 18 heavy (non-hydrogen) atoms. The second kappa shape index (κ2) is 7.13. The summed E-state index contributed by atoms with van der Waals surface area (Å²) >= 11 is 0. The van der Waals surface area contributed by atoms with Crippen LogP contribution in [0.5, 0.6) is 0 Å². The van der Waals surface area contributed by atoms with Crippen molar-refractivity contribution in [1.29, 1.82) is 0 Å². The number of carbonyl (C=O) groups excluding carboxylic acids is 1. The number of amides is 1. The van der Waals surface area contributed by atoms with Gasteiger partial charge in [-0.1, -0.05) is 18.2 Å². The molecular weight excluding hydrogens is 318 g/mol. The summed E-state index contributed by atoms with van der Waals surface area (Å²) < 4.78 is 0. The Morgan fingerprint density at radius 3 is 2.00 bits per heavy atom. The van der Waals surface area contributed by atoms with Crippen molar-refractivity contribution in [2.24, 2.45) is 0 Å². The molecule has 1 aromatic rings. The quantitative estimate of drug-likeness (QED) is 0.838. The summed E-state index contributed by atoms with van der Waals surface area (Å²) in [5.74, 6) is 0.142. The summed E-state index contributed by atoms with van der Waals surface area (Å²) in [7, 11) is -1.14. The Hall–Kier alpha value is 0.224. The van der Waals surface area contributed by atoms with Crippen molar-refractivity contribution in [1.82, 2.24) is 0 Å². The summed E-state index contributed by atoms with van der Waals surface area (Å²) in [4.78, 5) is 12.2. The smallest absolute Gasteiger partial charge is 0.264 e. The standard InChI is InChI=1S/C14H22NOP.Y/c1-10-8-7-9-11(2)13(10)15-14(16)12(3)17(4,5)6;/h7-9,12H,1-6H3;/p+1. The molecule has 1 aromatic carbocycles. The molecule has 1 radical (unpaired) electrons. The van der Waals surface area contributed by atoms with Crippen molar-refractivity contribution in [2.75, 3.05) is 25.3 Å². The summed E-state index contributed by atoms with van der Waals surface area (Å²) in [5.41, 5.74) is 3.31. The molecule has 0 aliphatic heterocycles. The van der Waals surface area contributed by atoms with Gasteiger partial charge in [0.15, 0.2) is 0 Å². The molecule has 0 aromatic heterocycles. The van der Waals surface area contributed by atoms with Crippen LogP contribution in [0.25, 0.3) is 0 Å². The number of benzene rings is 1. The SMILES string of the molecule is Cc1cccc(C)c1NC(=O)C(C)[P+](C)(C)C.[Y]. The van der Waals surface area contributed by atoms with Crippen LogP contribution >= 0.6 is 7.26 Å². The van der Waals surface area contributed by atoms with Crippen LogP contribution in [-0.2, 0) is 37.5 Å². The Kier molecular flexibility index (Phi) is 7.21. The van der Waals surface area contributed by atoms with E-state index in [2.05, 4.69) is 25.3 Å². The van der Waals surface area contributed by atoms with Crippen LogP contribution in [0.1, 0.15) is 18.1 Å². The second-order valence-corrected chi connectivity index (χ2v) is 10.6. The van der Waals surface area contributed by atoms with Crippen LogP contribution in [0.3, 0.4) is 0 Å². The van der Waals surface area contributed by atoms with Crippen LogP contribution in [0, 0.1) is 13.8 Å². The number of rotatable bonds is 3. The van der Waals surface area contributed by atoms with Gasteiger partial charge in [0.25, 0.3) is 5.91 Å². The van der Waals surface area contributed by atoms with Gasteiger partial charge in [0.1, 0.15) is 5.66 Å². The van der Waals surface area contributed by atoms with Gasteiger partial charge in [-0.05, 0) is 31.9 Å². The Balaban J connectivity index is 0.00000289. The minimum Gasteiger partial charge on any atom is -0.322 e. The third-order valence-electron chi connectivity index (χ3n) is 3.27. The molecule has 0 heterocycles. The minimum absolute atomic E-state index is 0. The first-order valence-corrected chi connectivity index (χ1v) is 9.11. The fourth-order valence-electron chi connectivity index (χ4n) is 1.59. The van der Waals surface area contributed by atoms with E-state index in [4.69, 9.17) is 0 Å². The van der Waals surface area contributed by atoms with E-state index in [0.29, 0.717) is 0 Å². The number of aryl methyl sites for hydroxylation is 2. The topological polar surface area (TPSA) is 29.1 Å². The Labute approximate surface area is 137 Å². The molecule has 0 bridgehead atoms. The summed E-state index contributed by atoms with van der Waals surface area (Å²) in [6.07, 6.45) is 0. The zero-order chi connectivity index (χ0) is 13.2. The van der Waals surface area contributed by atoms with E-state index in [1.807, 2.05) is 39.0 Å². The maximum atomic E-state index is 12.2. The average Bonchev–Trinajstić information content (AvgIpc) is 2.21. The molecule has 0 fully saturated rings. The van der Waals surface area contributed by atoms with Gasteiger partial charge < -0.3 is 5.32 Å². The number of anilines is 1. The first-order chi connectivity index (χ1) is 7.73. The number of hydrogen-bond donors (Lipinski definition) is 1. The van der Waals surface area contributed by atoms with Gasteiger partial charge in [-0.15, -0.1) is 0 Å². The fraction of sp³-hybridized carbons (Fsp3) is 0.500. The third kappa shape index (κ3) is 4.72. The van der Waals surface area contributed by atoms with Crippen LogP contribution in [0.15, 0.2) is 18.2 Å². The van der Waals surface area contributed by atoms with E-state index < -0.39 is 7.26 Å². The van der Waals surface area contributed by atoms with Gasteiger partial charge in [0.05, 0.1) is 0 Å². The fourth-order valence-corrected chi connectivity index (χ4v) is 2.36. The number of para-hydroxylation sites is 1. The number of hydrogen-bond acceptors (Lipinski definition) is 1. The zero-order valence-corrected chi connectivity index (χ0v) is 16.0. The predicted molar refractivity (Wildman–Crippen MR) is 78.7 cm³/mol. The molecule has 4 heteroatoms.